The van der Waals surface area contributed by atoms with Crippen LogP contribution in [0.15, 0.2) is 46.9 Å². The topological polar surface area (TPSA) is 35.2 Å². The summed E-state index contributed by atoms with van der Waals surface area (Å²) in [6.45, 7) is 0.529. The van der Waals surface area contributed by atoms with Gasteiger partial charge in [0.05, 0.1) is 4.47 Å². The molecule has 2 aromatic rings. The zero-order chi connectivity index (χ0) is 13.0. The number of nitrogens with two attached hydrogens (primary N) is 1. The first kappa shape index (κ1) is 13.1. The number of hydrogen-bond donors (Lipinski definition) is 1. The van der Waals surface area contributed by atoms with Crippen LogP contribution in [0.1, 0.15) is 11.1 Å². The van der Waals surface area contributed by atoms with E-state index in [1.807, 2.05) is 30.3 Å². The summed E-state index contributed by atoms with van der Waals surface area (Å²) >= 11 is 3.38. The van der Waals surface area contributed by atoms with Crippen molar-refractivity contribution in [2.24, 2.45) is 5.73 Å². The van der Waals surface area contributed by atoms with Gasteiger partial charge in [-0.2, -0.15) is 0 Å². The first-order chi connectivity index (χ1) is 8.70. The minimum Gasteiger partial charge on any atom is -0.488 e. The van der Waals surface area contributed by atoms with Crippen LogP contribution in [0.25, 0.3) is 0 Å². The van der Waals surface area contributed by atoms with Crippen LogP contribution >= 0.6 is 15.9 Å². The molecule has 0 unspecified atom stereocenters. The molecule has 0 heterocycles. The molecule has 0 saturated carbocycles. The Morgan fingerprint density at radius 2 is 1.94 bits per heavy atom. The summed E-state index contributed by atoms with van der Waals surface area (Å²) in [7, 11) is 0. The van der Waals surface area contributed by atoms with Gasteiger partial charge in [0.1, 0.15) is 18.2 Å². The molecule has 2 aromatic carbocycles. The summed E-state index contributed by atoms with van der Waals surface area (Å²) < 4.78 is 20.1. The molecule has 94 valence electrons. The Hall–Kier alpha value is -1.39. The van der Waals surface area contributed by atoms with Crippen molar-refractivity contribution in [1.82, 2.24) is 0 Å². The van der Waals surface area contributed by atoms with Crippen LogP contribution in [0.3, 0.4) is 0 Å². The molecule has 0 amide bonds. The van der Waals surface area contributed by atoms with Gasteiger partial charge < -0.3 is 10.5 Å². The Balaban J connectivity index is 2.09. The van der Waals surface area contributed by atoms with E-state index in [2.05, 4.69) is 15.9 Å². The predicted octanol–water partition coefficient (Wildman–Crippen LogP) is 3.63. The minimum absolute atomic E-state index is 0.194. The summed E-state index contributed by atoms with van der Waals surface area (Å²) in [5.41, 5.74) is 6.74. The van der Waals surface area contributed by atoms with Gasteiger partial charge in [0, 0.05) is 12.1 Å². The van der Waals surface area contributed by atoms with E-state index >= 15 is 0 Å². The minimum atomic E-state index is -0.287. The van der Waals surface area contributed by atoms with Crippen LogP contribution < -0.4 is 10.5 Å². The van der Waals surface area contributed by atoms with E-state index < -0.39 is 0 Å². The van der Waals surface area contributed by atoms with E-state index in [-0.39, 0.29) is 12.4 Å². The maximum atomic E-state index is 13.7. The largest absolute Gasteiger partial charge is 0.488 e. The Kier molecular flexibility index (Phi) is 4.33. The van der Waals surface area contributed by atoms with Crippen molar-refractivity contribution >= 4 is 15.9 Å². The van der Waals surface area contributed by atoms with Crippen LogP contribution in [0, 0.1) is 5.82 Å². The summed E-state index contributed by atoms with van der Waals surface area (Å²) in [5.74, 6) is 0.407. The average molecular weight is 310 g/mol. The molecular weight excluding hydrogens is 297 g/mol. The fraction of sp³-hybridized carbons (Fsp3) is 0.143. The molecule has 0 aliphatic heterocycles. The van der Waals surface area contributed by atoms with Gasteiger partial charge in [-0.25, -0.2) is 4.39 Å². The van der Waals surface area contributed by atoms with E-state index in [1.54, 1.807) is 6.07 Å². The first-order valence-corrected chi connectivity index (χ1v) is 6.34. The van der Waals surface area contributed by atoms with E-state index in [9.17, 15) is 4.39 Å². The molecule has 2 nitrogen and oxygen atoms in total. The third kappa shape index (κ3) is 3.09. The third-order valence-electron chi connectivity index (χ3n) is 2.57. The van der Waals surface area contributed by atoms with Crippen molar-refractivity contribution in [3.63, 3.8) is 0 Å². The highest BCUT2D eigenvalue weighted by molar-refractivity contribution is 9.10. The van der Waals surface area contributed by atoms with Crippen LogP contribution in [-0.4, -0.2) is 0 Å². The SMILES string of the molecule is NCc1ccc(COc2ccccc2Br)c(F)c1. The molecule has 0 atom stereocenters. The second kappa shape index (κ2) is 5.98. The monoisotopic (exact) mass is 309 g/mol. The molecule has 0 aromatic heterocycles. The van der Waals surface area contributed by atoms with E-state index in [0.717, 1.165) is 10.0 Å². The van der Waals surface area contributed by atoms with Gasteiger partial charge >= 0.3 is 0 Å². The molecule has 0 saturated heterocycles. The summed E-state index contributed by atoms with van der Waals surface area (Å²) in [6, 6.07) is 12.4. The molecule has 18 heavy (non-hydrogen) atoms. The number of benzene rings is 2. The van der Waals surface area contributed by atoms with Gasteiger partial charge in [0.15, 0.2) is 0 Å². The van der Waals surface area contributed by atoms with Crippen molar-refractivity contribution in [1.29, 1.82) is 0 Å². The fourth-order valence-electron chi connectivity index (χ4n) is 1.55. The highest BCUT2D eigenvalue weighted by Gasteiger charge is 2.05. The normalized spacial score (nSPS) is 10.4. The number of halogens is 2. The molecule has 0 radical (unpaired) electrons. The van der Waals surface area contributed by atoms with Crippen molar-refractivity contribution in [3.05, 3.63) is 63.9 Å². The van der Waals surface area contributed by atoms with Crippen molar-refractivity contribution in [3.8, 4) is 5.75 Å². The number of para-hydroxylation sites is 1. The first-order valence-electron chi connectivity index (χ1n) is 5.55. The fourth-order valence-corrected chi connectivity index (χ4v) is 1.95. The Morgan fingerprint density at radius 1 is 1.17 bits per heavy atom. The summed E-state index contributed by atoms with van der Waals surface area (Å²) in [4.78, 5) is 0. The molecule has 4 heteroatoms. The summed E-state index contributed by atoms with van der Waals surface area (Å²) in [5, 5.41) is 0. The molecule has 2 N–H and O–H groups in total. The second-order valence-corrected chi connectivity index (χ2v) is 4.70. The van der Waals surface area contributed by atoms with Gasteiger partial charge in [-0.1, -0.05) is 24.3 Å². The third-order valence-corrected chi connectivity index (χ3v) is 3.23. The predicted molar refractivity (Wildman–Crippen MR) is 72.8 cm³/mol. The quantitative estimate of drug-likeness (QED) is 0.936. The lowest BCUT2D eigenvalue weighted by Gasteiger charge is -2.09. The van der Waals surface area contributed by atoms with Crippen LogP contribution in [-0.2, 0) is 13.2 Å². The smallest absolute Gasteiger partial charge is 0.133 e. The Morgan fingerprint density at radius 3 is 2.61 bits per heavy atom. The maximum Gasteiger partial charge on any atom is 0.133 e. The molecule has 0 spiro atoms. The van der Waals surface area contributed by atoms with Gasteiger partial charge in [0.25, 0.3) is 0 Å². The molecule has 0 aliphatic carbocycles. The zero-order valence-corrected chi connectivity index (χ0v) is 11.3. The highest BCUT2D eigenvalue weighted by atomic mass is 79.9. The van der Waals surface area contributed by atoms with Gasteiger partial charge in [0.2, 0.25) is 0 Å². The van der Waals surface area contributed by atoms with E-state index in [4.69, 9.17) is 10.5 Å². The molecule has 0 fully saturated rings. The van der Waals surface area contributed by atoms with Crippen molar-refractivity contribution in [2.45, 2.75) is 13.2 Å². The lowest BCUT2D eigenvalue weighted by Crippen LogP contribution is -2.02. The average Bonchev–Trinajstić information content (AvgIpc) is 2.39. The van der Waals surface area contributed by atoms with Gasteiger partial charge in [-0.3, -0.25) is 0 Å². The van der Waals surface area contributed by atoms with Crippen LogP contribution in [0.4, 0.5) is 4.39 Å². The summed E-state index contributed by atoms with van der Waals surface area (Å²) in [6.07, 6.45) is 0. The molecular formula is C14H13BrFNO. The molecule has 0 bridgehead atoms. The van der Waals surface area contributed by atoms with Gasteiger partial charge in [-0.15, -0.1) is 0 Å². The Bertz CT molecular complexity index is 545. The number of hydrogen-bond acceptors (Lipinski definition) is 2. The van der Waals surface area contributed by atoms with E-state index in [1.165, 1.54) is 6.07 Å². The van der Waals surface area contributed by atoms with Crippen LogP contribution in [0.5, 0.6) is 5.75 Å². The van der Waals surface area contributed by atoms with Crippen LogP contribution in [0.2, 0.25) is 0 Å². The Labute approximate surface area is 114 Å². The standard InChI is InChI=1S/C14H13BrFNO/c15-12-3-1-2-4-14(12)18-9-11-6-5-10(8-17)7-13(11)16/h1-7H,8-9,17H2. The molecule has 0 aliphatic rings. The number of rotatable bonds is 4. The van der Waals surface area contributed by atoms with Gasteiger partial charge in [-0.05, 0) is 39.7 Å². The zero-order valence-electron chi connectivity index (χ0n) is 9.70. The molecule has 2 rings (SSSR count). The lowest BCUT2D eigenvalue weighted by atomic mass is 10.1. The highest BCUT2D eigenvalue weighted by Crippen LogP contribution is 2.25. The van der Waals surface area contributed by atoms with Crippen molar-refractivity contribution < 1.29 is 9.13 Å². The maximum absolute atomic E-state index is 13.7. The van der Waals surface area contributed by atoms with Crippen molar-refractivity contribution in [2.75, 3.05) is 0 Å². The second-order valence-electron chi connectivity index (χ2n) is 3.85. The lowest BCUT2D eigenvalue weighted by molar-refractivity contribution is 0.298. The van der Waals surface area contributed by atoms with E-state index in [0.29, 0.717) is 17.9 Å². The number of ether oxygens (including phenoxy) is 1.